The maximum Gasteiger partial charge on any atom is 0.421 e. The van der Waals surface area contributed by atoms with E-state index < -0.39 is 29.8 Å². The number of methoxy groups -OCH3 is 1. The minimum atomic E-state index is -4.76. The summed E-state index contributed by atoms with van der Waals surface area (Å²) in [5, 5.41) is 2.49. The second-order valence-electron chi connectivity index (χ2n) is 4.63. The van der Waals surface area contributed by atoms with Crippen molar-refractivity contribution in [3.63, 3.8) is 0 Å². The molecule has 1 aromatic carbocycles. The zero-order valence-electron chi connectivity index (χ0n) is 12.1. The van der Waals surface area contributed by atoms with Crippen molar-refractivity contribution in [2.45, 2.75) is 12.7 Å². The number of hydrogen-bond donors (Lipinski definition) is 1. The lowest BCUT2D eigenvalue weighted by molar-refractivity contribution is -0.139. The second-order valence-corrected chi connectivity index (χ2v) is 4.63. The number of alkyl halides is 3. The molecule has 0 atom stereocenters. The van der Waals surface area contributed by atoms with Crippen LogP contribution in [0.4, 0.5) is 18.9 Å². The van der Waals surface area contributed by atoms with Crippen molar-refractivity contribution in [1.82, 2.24) is 4.57 Å². The van der Waals surface area contributed by atoms with Crippen LogP contribution in [-0.2, 0) is 17.5 Å². The molecule has 0 aliphatic carbocycles. The molecular weight excluding hydrogens is 313 g/mol. The largest absolute Gasteiger partial charge is 0.497 e. The molecule has 5 nitrogen and oxygen atoms in total. The predicted octanol–water partition coefficient (Wildman–Crippen LogP) is 2.51. The number of nitrogens with one attached hydrogen (secondary N) is 1. The first-order valence-electron chi connectivity index (χ1n) is 6.52. The molecule has 0 saturated heterocycles. The summed E-state index contributed by atoms with van der Waals surface area (Å²) in [6.07, 6.45) is -3.63. The van der Waals surface area contributed by atoms with Crippen LogP contribution < -0.4 is 15.6 Å². The summed E-state index contributed by atoms with van der Waals surface area (Å²) in [5.41, 5.74) is -2.13. The number of ether oxygens (including phenoxy) is 1. The minimum absolute atomic E-state index is 0.441. The topological polar surface area (TPSA) is 60.3 Å². The van der Waals surface area contributed by atoms with E-state index in [2.05, 4.69) is 5.32 Å². The van der Waals surface area contributed by atoms with E-state index in [0.29, 0.717) is 22.1 Å². The Morgan fingerprint density at radius 1 is 1.22 bits per heavy atom. The van der Waals surface area contributed by atoms with E-state index in [1.165, 1.54) is 7.11 Å². The van der Waals surface area contributed by atoms with Gasteiger partial charge in [-0.3, -0.25) is 9.59 Å². The van der Waals surface area contributed by atoms with Gasteiger partial charge in [0.25, 0.3) is 5.56 Å². The molecule has 2 rings (SSSR count). The van der Waals surface area contributed by atoms with Crippen molar-refractivity contribution in [3.8, 4) is 5.75 Å². The summed E-state index contributed by atoms with van der Waals surface area (Å²) in [7, 11) is 1.49. The molecule has 0 fully saturated rings. The van der Waals surface area contributed by atoms with Gasteiger partial charge < -0.3 is 14.6 Å². The smallest absolute Gasteiger partial charge is 0.421 e. The van der Waals surface area contributed by atoms with E-state index in [1.54, 1.807) is 24.3 Å². The number of carbonyl (C=O) groups excluding carboxylic acids is 1. The van der Waals surface area contributed by atoms with Crippen molar-refractivity contribution in [2.24, 2.45) is 0 Å². The molecule has 0 radical (unpaired) electrons. The third-order valence-electron chi connectivity index (χ3n) is 3.01. The number of carbonyl (C=O) groups is 1. The lowest BCUT2D eigenvalue weighted by Gasteiger charge is -2.11. The number of pyridine rings is 1. The van der Waals surface area contributed by atoms with Crippen LogP contribution in [-0.4, -0.2) is 17.6 Å². The molecule has 1 amide bonds. The highest BCUT2D eigenvalue weighted by Crippen LogP contribution is 2.26. The molecule has 0 aliphatic rings. The fourth-order valence-electron chi connectivity index (χ4n) is 1.91. The van der Waals surface area contributed by atoms with Gasteiger partial charge in [-0.1, -0.05) is 0 Å². The molecule has 122 valence electrons. The third-order valence-corrected chi connectivity index (χ3v) is 3.01. The molecule has 0 spiro atoms. The van der Waals surface area contributed by atoms with Gasteiger partial charge in [0.05, 0.1) is 7.11 Å². The van der Waals surface area contributed by atoms with E-state index >= 15 is 0 Å². The summed E-state index contributed by atoms with van der Waals surface area (Å²) in [6.45, 7) is -0.519. The normalized spacial score (nSPS) is 11.1. The van der Waals surface area contributed by atoms with Gasteiger partial charge in [-0.15, -0.1) is 0 Å². The molecule has 1 heterocycles. The van der Waals surface area contributed by atoms with E-state index in [9.17, 15) is 22.8 Å². The number of halogens is 3. The number of amides is 1. The molecule has 2 aromatic rings. The van der Waals surface area contributed by atoms with E-state index in [0.717, 1.165) is 12.3 Å². The third kappa shape index (κ3) is 4.12. The van der Waals surface area contributed by atoms with Gasteiger partial charge in [0, 0.05) is 11.9 Å². The summed E-state index contributed by atoms with van der Waals surface area (Å²) < 4.78 is 43.7. The van der Waals surface area contributed by atoms with Gasteiger partial charge in [-0.05, 0) is 36.4 Å². The van der Waals surface area contributed by atoms with Crippen molar-refractivity contribution in [1.29, 1.82) is 0 Å². The highest BCUT2D eigenvalue weighted by molar-refractivity contribution is 5.90. The van der Waals surface area contributed by atoms with Crippen LogP contribution in [0, 0.1) is 0 Å². The lowest BCUT2D eigenvalue weighted by Crippen LogP contribution is -2.31. The number of rotatable bonds is 4. The molecular formula is C15H13F3N2O3. The van der Waals surface area contributed by atoms with Crippen LogP contribution in [0.3, 0.4) is 0 Å². The zero-order valence-corrected chi connectivity index (χ0v) is 12.1. The zero-order chi connectivity index (χ0) is 17.0. The summed E-state index contributed by atoms with van der Waals surface area (Å²) in [5.74, 6) is -0.0197. The lowest BCUT2D eigenvalue weighted by atomic mass is 10.2. The van der Waals surface area contributed by atoms with Gasteiger partial charge in [-0.25, -0.2) is 0 Å². The van der Waals surface area contributed by atoms with Crippen molar-refractivity contribution in [2.75, 3.05) is 12.4 Å². The van der Waals surface area contributed by atoms with Crippen LogP contribution in [0.25, 0.3) is 0 Å². The van der Waals surface area contributed by atoms with Crippen LogP contribution >= 0.6 is 0 Å². The molecule has 0 aliphatic heterocycles. The number of benzene rings is 1. The fourth-order valence-corrected chi connectivity index (χ4v) is 1.91. The van der Waals surface area contributed by atoms with Crippen LogP contribution in [0.2, 0.25) is 0 Å². The minimum Gasteiger partial charge on any atom is -0.497 e. The molecule has 0 saturated carbocycles. The van der Waals surface area contributed by atoms with E-state index in [4.69, 9.17) is 4.74 Å². The first kappa shape index (κ1) is 16.6. The average Bonchev–Trinajstić information content (AvgIpc) is 2.49. The number of nitrogens with zero attached hydrogens (tertiary/aromatic N) is 1. The maximum absolute atomic E-state index is 12.7. The molecule has 23 heavy (non-hydrogen) atoms. The van der Waals surface area contributed by atoms with Crippen LogP contribution in [0.5, 0.6) is 5.75 Å². The molecule has 0 bridgehead atoms. The Hall–Kier alpha value is -2.77. The predicted molar refractivity (Wildman–Crippen MR) is 77.3 cm³/mol. The van der Waals surface area contributed by atoms with Gasteiger partial charge >= 0.3 is 6.18 Å². The Balaban J connectivity index is 2.12. The second kappa shape index (κ2) is 6.55. The van der Waals surface area contributed by atoms with Crippen LogP contribution in [0.1, 0.15) is 5.56 Å². The number of aromatic nitrogens is 1. The standard InChI is InChI=1S/C15H13F3N2O3/c1-23-11-6-4-10(5-7-11)19-13(21)9-20-8-2-3-12(14(20)22)15(16,17)18/h2-8H,9H2,1H3,(H,19,21). The first-order valence-corrected chi connectivity index (χ1v) is 6.52. The monoisotopic (exact) mass is 326 g/mol. The number of hydrogen-bond acceptors (Lipinski definition) is 3. The molecule has 8 heteroatoms. The Morgan fingerprint density at radius 2 is 1.87 bits per heavy atom. The van der Waals surface area contributed by atoms with Crippen molar-refractivity contribution in [3.05, 3.63) is 58.5 Å². The van der Waals surface area contributed by atoms with E-state index in [1.807, 2.05) is 0 Å². The molecule has 1 N–H and O–H groups in total. The maximum atomic E-state index is 12.7. The van der Waals surface area contributed by atoms with Gasteiger partial charge in [0.15, 0.2) is 0 Å². The highest BCUT2D eigenvalue weighted by atomic mass is 19.4. The van der Waals surface area contributed by atoms with Gasteiger partial charge in [-0.2, -0.15) is 13.2 Å². The fraction of sp³-hybridized carbons (Fsp3) is 0.200. The Bertz CT molecular complexity index is 752. The van der Waals surface area contributed by atoms with Crippen LogP contribution in [0.15, 0.2) is 47.4 Å². The molecule has 1 aromatic heterocycles. The quantitative estimate of drug-likeness (QED) is 0.939. The van der Waals surface area contributed by atoms with Crippen molar-refractivity contribution >= 4 is 11.6 Å². The Labute approximate surface area is 129 Å². The summed E-state index contributed by atoms with van der Waals surface area (Å²) in [6, 6.07) is 8.14. The molecule has 0 unspecified atom stereocenters. The average molecular weight is 326 g/mol. The van der Waals surface area contributed by atoms with Crippen molar-refractivity contribution < 1.29 is 22.7 Å². The number of anilines is 1. The highest BCUT2D eigenvalue weighted by Gasteiger charge is 2.34. The van der Waals surface area contributed by atoms with Gasteiger partial charge in [0.1, 0.15) is 17.9 Å². The summed E-state index contributed by atoms with van der Waals surface area (Å²) >= 11 is 0. The Kier molecular flexibility index (Phi) is 4.73. The Morgan fingerprint density at radius 3 is 2.43 bits per heavy atom. The van der Waals surface area contributed by atoms with E-state index in [-0.39, 0.29) is 0 Å². The summed E-state index contributed by atoms with van der Waals surface area (Å²) in [4.78, 5) is 23.6. The SMILES string of the molecule is COc1ccc(NC(=O)Cn2cccc(C(F)(F)F)c2=O)cc1. The first-order chi connectivity index (χ1) is 10.8. The van der Waals surface area contributed by atoms with Gasteiger partial charge in [0.2, 0.25) is 5.91 Å².